The standard InChI is InChI=1S/C22H29N3O3S/c1-24(2)29(27,28)21-13-7-6-11-19(21)15-23-22(26)20-12-8-14-25(17-20)16-18-9-4-3-5-10-18/h3-7,9-11,13,20H,8,12,14-17H2,1-2H3,(H,23,26). The lowest BCUT2D eigenvalue weighted by molar-refractivity contribution is -0.127. The van der Waals surface area contributed by atoms with Gasteiger partial charge in [0.1, 0.15) is 0 Å². The zero-order valence-corrected chi connectivity index (χ0v) is 17.9. The van der Waals surface area contributed by atoms with Gasteiger partial charge in [-0.1, -0.05) is 48.5 Å². The van der Waals surface area contributed by atoms with Crippen molar-refractivity contribution in [3.05, 3.63) is 65.7 Å². The zero-order chi connectivity index (χ0) is 20.9. The summed E-state index contributed by atoms with van der Waals surface area (Å²) >= 11 is 0. The Hall–Kier alpha value is -2.22. The van der Waals surface area contributed by atoms with E-state index in [-0.39, 0.29) is 23.3 Å². The second-order valence-corrected chi connectivity index (χ2v) is 9.79. The summed E-state index contributed by atoms with van der Waals surface area (Å²) in [5.74, 6) is -0.0927. The average Bonchev–Trinajstić information content (AvgIpc) is 2.73. The molecule has 156 valence electrons. The Labute approximate surface area is 173 Å². The Bertz CT molecular complexity index is 929. The van der Waals surface area contributed by atoms with Crippen LogP contribution in [0.1, 0.15) is 24.0 Å². The van der Waals surface area contributed by atoms with E-state index in [0.29, 0.717) is 5.56 Å². The van der Waals surface area contributed by atoms with Gasteiger partial charge in [0.15, 0.2) is 0 Å². The fourth-order valence-corrected chi connectivity index (χ4v) is 4.80. The van der Waals surface area contributed by atoms with Crippen LogP contribution in [0.4, 0.5) is 0 Å². The minimum absolute atomic E-state index is 0.0141. The maximum atomic E-state index is 12.8. The molecule has 1 aliphatic heterocycles. The first-order valence-corrected chi connectivity index (χ1v) is 11.4. The summed E-state index contributed by atoms with van der Waals surface area (Å²) in [6.45, 7) is 2.76. The number of rotatable bonds is 7. The number of likely N-dealkylation sites (tertiary alicyclic amines) is 1. The number of hydrogen-bond acceptors (Lipinski definition) is 4. The summed E-state index contributed by atoms with van der Waals surface area (Å²) in [6, 6.07) is 17.1. The molecule has 0 radical (unpaired) electrons. The third-order valence-electron chi connectivity index (χ3n) is 5.31. The molecule has 1 heterocycles. The van der Waals surface area contributed by atoms with Crippen molar-refractivity contribution in [2.45, 2.75) is 30.8 Å². The third-order valence-corrected chi connectivity index (χ3v) is 7.23. The highest BCUT2D eigenvalue weighted by Gasteiger charge is 2.26. The molecule has 0 saturated carbocycles. The van der Waals surface area contributed by atoms with Crippen LogP contribution >= 0.6 is 0 Å². The van der Waals surface area contributed by atoms with Crippen molar-refractivity contribution in [1.82, 2.24) is 14.5 Å². The lowest BCUT2D eigenvalue weighted by atomic mass is 9.96. The predicted molar refractivity (Wildman–Crippen MR) is 114 cm³/mol. The van der Waals surface area contributed by atoms with E-state index < -0.39 is 10.0 Å². The predicted octanol–water partition coefficient (Wildman–Crippen LogP) is 2.47. The van der Waals surface area contributed by atoms with Gasteiger partial charge in [-0.05, 0) is 36.6 Å². The SMILES string of the molecule is CN(C)S(=O)(=O)c1ccccc1CNC(=O)C1CCCN(Cc2ccccc2)C1. The van der Waals surface area contributed by atoms with Crippen LogP contribution in [-0.2, 0) is 27.9 Å². The molecule has 1 unspecified atom stereocenters. The van der Waals surface area contributed by atoms with Gasteiger partial charge < -0.3 is 5.32 Å². The number of piperidine rings is 1. The quantitative estimate of drug-likeness (QED) is 0.754. The fourth-order valence-electron chi connectivity index (χ4n) is 3.68. The Morgan fingerprint density at radius 3 is 2.52 bits per heavy atom. The van der Waals surface area contributed by atoms with E-state index in [1.807, 2.05) is 18.2 Å². The van der Waals surface area contributed by atoms with Gasteiger partial charge in [0.25, 0.3) is 0 Å². The lowest BCUT2D eigenvalue weighted by Crippen LogP contribution is -2.42. The first-order valence-electron chi connectivity index (χ1n) is 9.92. The molecule has 2 aromatic rings. The van der Waals surface area contributed by atoms with Crippen molar-refractivity contribution >= 4 is 15.9 Å². The van der Waals surface area contributed by atoms with Crippen molar-refractivity contribution in [1.29, 1.82) is 0 Å². The van der Waals surface area contributed by atoms with Gasteiger partial charge in [0.2, 0.25) is 15.9 Å². The van der Waals surface area contributed by atoms with Gasteiger partial charge >= 0.3 is 0 Å². The van der Waals surface area contributed by atoms with Crippen LogP contribution in [-0.4, -0.2) is 50.7 Å². The number of benzene rings is 2. The van der Waals surface area contributed by atoms with Crippen molar-refractivity contribution in [3.8, 4) is 0 Å². The Morgan fingerprint density at radius 2 is 1.79 bits per heavy atom. The van der Waals surface area contributed by atoms with Crippen LogP contribution < -0.4 is 5.32 Å². The smallest absolute Gasteiger partial charge is 0.242 e. The van der Waals surface area contributed by atoms with Gasteiger partial charge in [-0.25, -0.2) is 12.7 Å². The summed E-state index contributed by atoms with van der Waals surface area (Å²) in [5, 5.41) is 2.96. The molecule has 7 heteroatoms. The second kappa shape index (κ2) is 9.52. The van der Waals surface area contributed by atoms with E-state index in [9.17, 15) is 13.2 Å². The Kier molecular flexibility index (Phi) is 7.05. The van der Waals surface area contributed by atoms with Crippen LogP contribution in [0.25, 0.3) is 0 Å². The number of amides is 1. The van der Waals surface area contributed by atoms with Crippen molar-refractivity contribution in [3.63, 3.8) is 0 Å². The first-order chi connectivity index (χ1) is 13.9. The highest BCUT2D eigenvalue weighted by atomic mass is 32.2. The summed E-state index contributed by atoms with van der Waals surface area (Å²) < 4.78 is 26.2. The van der Waals surface area contributed by atoms with Crippen molar-refractivity contribution < 1.29 is 13.2 Å². The molecule has 1 amide bonds. The maximum absolute atomic E-state index is 12.8. The van der Waals surface area contributed by atoms with Crippen LogP contribution in [0.5, 0.6) is 0 Å². The minimum atomic E-state index is -3.55. The van der Waals surface area contributed by atoms with Crippen LogP contribution in [0, 0.1) is 5.92 Å². The second-order valence-electron chi connectivity index (χ2n) is 7.67. The molecule has 6 nitrogen and oxygen atoms in total. The van der Waals surface area contributed by atoms with Gasteiger partial charge in [0.05, 0.1) is 10.8 Å². The van der Waals surface area contributed by atoms with E-state index in [1.165, 1.54) is 24.0 Å². The molecule has 0 spiro atoms. The Morgan fingerprint density at radius 1 is 1.10 bits per heavy atom. The topological polar surface area (TPSA) is 69.7 Å². The van der Waals surface area contributed by atoms with E-state index >= 15 is 0 Å². The number of sulfonamides is 1. The number of hydrogen-bond donors (Lipinski definition) is 1. The number of carbonyl (C=O) groups is 1. The number of nitrogens with one attached hydrogen (secondary N) is 1. The van der Waals surface area contributed by atoms with E-state index in [4.69, 9.17) is 0 Å². The molecule has 2 aromatic carbocycles. The first kappa shape index (κ1) is 21.5. The highest BCUT2D eigenvalue weighted by molar-refractivity contribution is 7.89. The average molecular weight is 416 g/mol. The summed E-state index contributed by atoms with van der Waals surface area (Å²) in [7, 11) is -0.534. The molecule has 0 aromatic heterocycles. The highest BCUT2D eigenvalue weighted by Crippen LogP contribution is 2.21. The molecule has 0 aliphatic carbocycles. The van der Waals surface area contributed by atoms with Gasteiger partial charge in [0, 0.05) is 33.7 Å². The summed E-state index contributed by atoms with van der Waals surface area (Å²) in [6.07, 6.45) is 1.84. The monoisotopic (exact) mass is 415 g/mol. The van der Waals surface area contributed by atoms with E-state index in [0.717, 1.165) is 32.5 Å². The molecular formula is C22H29N3O3S. The van der Waals surface area contributed by atoms with E-state index in [1.54, 1.807) is 24.3 Å². The Balaban J connectivity index is 1.61. The molecule has 0 bridgehead atoms. The van der Waals surface area contributed by atoms with Crippen molar-refractivity contribution in [2.75, 3.05) is 27.2 Å². The van der Waals surface area contributed by atoms with Crippen molar-refractivity contribution in [2.24, 2.45) is 5.92 Å². The van der Waals surface area contributed by atoms with Gasteiger partial charge in [-0.3, -0.25) is 9.69 Å². The summed E-state index contributed by atoms with van der Waals surface area (Å²) in [4.78, 5) is 15.3. The molecule has 1 aliphatic rings. The minimum Gasteiger partial charge on any atom is -0.352 e. The lowest BCUT2D eigenvalue weighted by Gasteiger charge is -2.32. The number of nitrogens with zero attached hydrogens (tertiary/aromatic N) is 2. The largest absolute Gasteiger partial charge is 0.352 e. The van der Waals surface area contributed by atoms with E-state index in [2.05, 4.69) is 22.3 Å². The molecular weight excluding hydrogens is 386 g/mol. The fraction of sp³-hybridized carbons (Fsp3) is 0.409. The molecule has 1 N–H and O–H groups in total. The molecule has 1 atom stereocenters. The van der Waals surface area contributed by atoms with Crippen LogP contribution in [0.15, 0.2) is 59.5 Å². The molecule has 29 heavy (non-hydrogen) atoms. The number of carbonyl (C=O) groups excluding carboxylic acids is 1. The van der Waals surface area contributed by atoms with Crippen LogP contribution in [0.2, 0.25) is 0 Å². The van der Waals surface area contributed by atoms with Crippen LogP contribution in [0.3, 0.4) is 0 Å². The molecule has 1 fully saturated rings. The van der Waals surface area contributed by atoms with Gasteiger partial charge in [-0.15, -0.1) is 0 Å². The molecule has 3 rings (SSSR count). The maximum Gasteiger partial charge on any atom is 0.242 e. The normalized spacial score (nSPS) is 18.0. The molecule has 1 saturated heterocycles. The third kappa shape index (κ3) is 5.44. The van der Waals surface area contributed by atoms with Gasteiger partial charge in [-0.2, -0.15) is 0 Å². The zero-order valence-electron chi connectivity index (χ0n) is 17.0. The summed E-state index contributed by atoms with van der Waals surface area (Å²) in [5.41, 5.74) is 1.85.